The van der Waals surface area contributed by atoms with Crippen LogP contribution in [0.1, 0.15) is 65.9 Å². The van der Waals surface area contributed by atoms with Crippen molar-refractivity contribution in [1.82, 2.24) is 24.0 Å². The van der Waals surface area contributed by atoms with E-state index < -0.39 is 0 Å². The van der Waals surface area contributed by atoms with Crippen molar-refractivity contribution in [2.24, 2.45) is 11.7 Å². The maximum absolute atomic E-state index is 13.5. The van der Waals surface area contributed by atoms with Gasteiger partial charge in [-0.15, -0.1) is 0 Å². The number of benzene rings is 1. The van der Waals surface area contributed by atoms with Crippen LogP contribution in [0.3, 0.4) is 0 Å². The van der Waals surface area contributed by atoms with Crippen LogP contribution < -0.4 is 10.5 Å². The molecule has 5 heterocycles. The topological polar surface area (TPSA) is 107 Å². The Balaban J connectivity index is 1.29. The molecule has 3 aliphatic rings. The van der Waals surface area contributed by atoms with Gasteiger partial charge in [0.05, 0.1) is 23.9 Å². The summed E-state index contributed by atoms with van der Waals surface area (Å²) in [5.41, 5.74) is 13.3. The number of carbonyl (C=O) groups is 2. The lowest BCUT2D eigenvalue weighted by molar-refractivity contribution is -0.136. The first-order valence-electron chi connectivity index (χ1n) is 16.4. The Bertz CT molecular complexity index is 1750. The van der Waals surface area contributed by atoms with Crippen LogP contribution in [-0.2, 0) is 16.1 Å². The van der Waals surface area contributed by atoms with Gasteiger partial charge in [-0.25, -0.2) is 4.52 Å². The van der Waals surface area contributed by atoms with Gasteiger partial charge < -0.3 is 29.6 Å². The number of aromatic nitrogens is 3. The molecule has 0 unspecified atom stereocenters. The van der Waals surface area contributed by atoms with Gasteiger partial charge in [-0.2, -0.15) is 5.10 Å². The van der Waals surface area contributed by atoms with Gasteiger partial charge in [0, 0.05) is 63.0 Å². The van der Waals surface area contributed by atoms with E-state index in [1.54, 1.807) is 14.2 Å². The monoisotopic (exact) mass is 612 g/mol. The van der Waals surface area contributed by atoms with Crippen LogP contribution >= 0.6 is 0 Å². The fourth-order valence-corrected chi connectivity index (χ4v) is 7.46. The lowest BCUT2D eigenvalue weighted by Crippen LogP contribution is -2.45. The van der Waals surface area contributed by atoms with Crippen molar-refractivity contribution in [2.45, 2.75) is 64.0 Å². The molecule has 3 fully saturated rings. The van der Waals surface area contributed by atoms with Crippen molar-refractivity contribution >= 4 is 28.2 Å². The van der Waals surface area contributed by atoms with Crippen LogP contribution in [-0.4, -0.2) is 88.8 Å². The second-order valence-electron chi connectivity index (χ2n) is 13.2. The third-order valence-corrected chi connectivity index (χ3v) is 10.0. The van der Waals surface area contributed by atoms with Gasteiger partial charge in [-0.3, -0.25) is 9.59 Å². The summed E-state index contributed by atoms with van der Waals surface area (Å²) in [6.07, 6.45) is 8.04. The number of methoxy groups -OCH3 is 2. The molecule has 2 amide bonds. The number of likely N-dealkylation sites (tertiary alicyclic amines) is 2. The highest BCUT2D eigenvalue weighted by atomic mass is 16.5. The van der Waals surface area contributed by atoms with Crippen molar-refractivity contribution in [3.8, 4) is 17.1 Å². The molecule has 10 nitrogen and oxygen atoms in total. The minimum Gasteiger partial charge on any atom is -0.494 e. The lowest BCUT2D eigenvalue weighted by Gasteiger charge is -2.32. The van der Waals surface area contributed by atoms with Gasteiger partial charge in [0.1, 0.15) is 23.6 Å². The second kappa shape index (κ2) is 12.1. The summed E-state index contributed by atoms with van der Waals surface area (Å²) in [5.74, 6) is 1.70. The molecular formula is C35H44N6O4. The number of piperidine rings is 2. The molecule has 0 spiro atoms. The van der Waals surface area contributed by atoms with Gasteiger partial charge in [0.25, 0.3) is 5.91 Å². The highest BCUT2D eigenvalue weighted by Crippen LogP contribution is 2.41. The summed E-state index contributed by atoms with van der Waals surface area (Å²) in [6.45, 7) is 5.95. The summed E-state index contributed by atoms with van der Waals surface area (Å²) in [6, 6.07) is 10.8. The molecule has 1 aliphatic carbocycles. The lowest BCUT2D eigenvalue weighted by atomic mass is 9.88. The Kier molecular flexibility index (Phi) is 8.03. The molecule has 0 radical (unpaired) electrons. The number of nitrogens with zero attached hydrogens (tertiary/aromatic N) is 5. The van der Waals surface area contributed by atoms with Crippen molar-refractivity contribution in [1.29, 1.82) is 0 Å². The van der Waals surface area contributed by atoms with Crippen LogP contribution in [0.25, 0.3) is 27.8 Å². The number of rotatable bonds is 8. The van der Waals surface area contributed by atoms with Gasteiger partial charge in [0.15, 0.2) is 0 Å². The molecule has 2 N–H and O–H groups in total. The van der Waals surface area contributed by atoms with Crippen LogP contribution in [0.5, 0.6) is 5.75 Å². The molecule has 2 saturated heterocycles. The van der Waals surface area contributed by atoms with Crippen molar-refractivity contribution < 1.29 is 19.1 Å². The summed E-state index contributed by atoms with van der Waals surface area (Å²) in [4.78, 5) is 29.8. The van der Waals surface area contributed by atoms with E-state index in [4.69, 9.17) is 20.3 Å². The molecule has 3 aromatic heterocycles. The summed E-state index contributed by atoms with van der Waals surface area (Å²) >= 11 is 0. The van der Waals surface area contributed by atoms with E-state index in [1.807, 2.05) is 26.6 Å². The van der Waals surface area contributed by atoms with Gasteiger partial charge in [0.2, 0.25) is 5.91 Å². The zero-order valence-corrected chi connectivity index (χ0v) is 26.6. The molecule has 1 aromatic carbocycles. The second-order valence-corrected chi connectivity index (χ2v) is 13.2. The molecule has 238 valence electrons. The number of amides is 2. The number of nitrogens with two attached hydrogens (primary N) is 1. The highest BCUT2D eigenvalue weighted by Gasteiger charge is 2.31. The SMILES string of the molecule is COCC(=O)N1CCC(c2cccc3cc(-c4nn5cc(C(=O)N6CCC[C@@H](N)C6)cc(OC)c5c4C)n(CC4CC4)c23)CC1. The fraction of sp³-hybridized carbons (Fsp3) is 0.514. The van der Waals surface area contributed by atoms with E-state index in [-0.39, 0.29) is 24.5 Å². The Labute approximate surface area is 264 Å². The number of carbonyl (C=O) groups excluding carboxylic acids is 2. The first kappa shape index (κ1) is 29.8. The highest BCUT2D eigenvalue weighted by molar-refractivity contribution is 5.96. The van der Waals surface area contributed by atoms with E-state index in [1.165, 1.54) is 29.3 Å². The van der Waals surface area contributed by atoms with Crippen molar-refractivity contribution in [3.63, 3.8) is 0 Å². The maximum atomic E-state index is 13.5. The number of hydrogen-bond acceptors (Lipinski definition) is 6. The molecule has 1 saturated carbocycles. The van der Waals surface area contributed by atoms with Crippen LogP contribution in [0.4, 0.5) is 0 Å². The number of hydrogen-bond donors (Lipinski definition) is 1. The zero-order chi connectivity index (χ0) is 31.2. The van der Waals surface area contributed by atoms with Crippen LogP contribution in [0.15, 0.2) is 36.5 Å². The Morgan fingerprint density at radius 3 is 2.51 bits per heavy atom. The third kappa shape index (κ3) is 5.59. The largest absolute Gasteiger partial charge is 0.494 e. The number of fused-ring (bicyclic) bond motifs is 2. The Hall–Kier alpha value is -3.89. The van der Waals surface area contributed by atoms with Gasteiger partial charge in [-0.05, 0) is 75.0 Å². The van der Waals surface area contributed by atoms with E-state index in [2.05, 4.69) is 35.8 Å². The van der Waals surface area contributed by atoms with Crippen LogP contribution in [0, 0.1) is 12.8 Å². The quantitative estimate of drug-likeness (QED) is 0.312. The molecule has 10 heteroatoms. The predicted octanol–water partition coefficient (Wildman–Crippen LogP) is 4.60. The summed E-state index contributed by atoms with van der Waals surface area (Å²) in [7, 11) is 3.22. The summed E-state index contributed by atoms with van der Waals surface area (Å²) < 4.78 is 15.3. The normalized spacial score (nSPS) is 19.5. The fourth-order valence-electron chi connectivity index (χ4n) is 7.46. The minimum atomic E-state index is -0.0393. The minimum absolute atomic E-state index is 0.0100. The van der Waals surface area contributed by atoms with E-state index in [0.717, 1.165) is 67.8 Å². The zero-order valence-electron chi connectivity index (χ0n) is 26.6. The first-order valence-corrected chi connectivity index (χ1v) is 16.4. The third-order valence-electron chi connectivity index (χ3n) is 10.0. The first-order chi connectivity index (χ1) is 21.9. The number of pyridine rings is 1. The van der Waals surface area contributed by atoms with Gasteiger partial charge >= 0.3 is 0 Å². The Morgan fingerprint density at radius 2 is 1.80 bits per heavy atom. The molecule has 4 aromatic rings. The maximum Gasteiger partial charge on any atom is 0.255 e. The van der Waals surface area contributed by atoms with E-state index in [9.17, 15) is 9.59 Å². The molecule has 1 atom stereocenters. The molecule has 45 heavy (non-hydrogen) atoms. The molecular weight excluding hydrogens is 568 g/mol. The smallest absolute Gasteiger partial charge is 0.255 e. The van der Waals surface area contributed by atoms with Gasteiger partial charge in [-0.1, -0.05) is 18.2 Å². The predicted molar refractivity (Wildman–Crippen MR) is 174 cm³/mol. The molecule has 2 aliphatic heterocycles. The summed E-state index contributed by atoms with van der Waals surface area (Å²) in [5, 5.41) is 6.34. The average molecular weight is 613 g/mol. The van der Waals surface area contributed by atoms with Crippen molar-refractivity contribution in [3.05, 3.63) is 53.2 Å². The molecule has 7 rings (SSSR count). The number of aryl methyl sites for hydroxylation is 1. The van der Waals surface area contributed by atoms with Crippen molar-refractivity contribution in [2.75, 3.05) is 47.0 Å². The number of para-hydroxylation sites is 1. The average Bonchev–Trinajstić information content (AvgIpc) is 3.72. The molecule has 0 bridgehead atoms. The standard InChI is InChI=1S/C35H44N6O4/c1-22-32(37-41-19-26(17-30(45-3)33(22)41)35(43)39-13-5-7-27(36)20-39)29-16-25-6-4-8-28(34(25)40(29)18-23-9-10-23)24-11-14-38(15-12-24)31(42)21-44-2/h4,6,8,16-17,19,23-24,27H,5,7,9-15,18,20-21,36H2,1-3H3/t27-/m1/s1. The van der Waals surface area contributed by atoms with E-state index >= 15 is 0 Å². The van der Waals surface area contributed by atoms with Crippen LogP contribution in [0.2, 0.25) is 0 Å². The van der Waals surface area contributed by atoms with E-state index in [0.29, 0.717) is 36.2 Å². The number of ether oxygens (including phenoxy) is 2. The Morgan fingerprint density at radius 1 is 1.00 bits per heavy atom.